The van der Waals surface area contributed by atoms with Crippen LogP contribution in [0.15, 0.2) is 24.4 Å². The van der Waals surface area contributed by atoms with Gasteiger partial charge in [0.1, 0.15) is 5.39 Å². The molecule has 0 saturated heterocycles. The van der Waals surface area contributed by atoms with Crippen LogP contribution >= 0.6 is 11.6 Å². The number of halogens is 1. The molecule has 21 heavy (non-hydrogen) atoms. The molecule has 0 atom stereocenters. The number of rotatable bonds is 3. The number of fused-ring (bicyclic) bond motifs is 1. The van der Waals surface area contributed by atoms with Crippen LogP contribution < -0.4 is 4.74 Å². The first-order valence-electron chi connectivity index (χ1n) is 5.84. The van der Waals surface area contributed by atoms with Crippen LogP contribution in [0.2, 0.25) is 5.28 Å². The maximum absolute atomic E-state index is 11.1. The number of aromatic amines is 1. The molecule has 0 aliphatic rings. The molecule has 106 valence electrons. The van der Waals surface area contributed by atoms with E-state index in [9.17, 15) is 10.1 Å². The van der Waals surface area contributed by atoms with E-state index in [1.807, 2.05) is 0 Å². The summed E-state index contributed by atoms with van der Waals surface area (Å²) in [5.74, 6) is 0.218. The number of aryl methyl sites for hydroxylation is 1. The van der Waals surface area contributed by atoms with Crippen molar-refractivity contribution in [2.45, 2.75) is 6.92 Å². The Kier molecular flexibility index (Phi) is 3.15. The summed E-state index contributed by atoms with van der Waals surface area (Å²) in [4.78, 5) is 18.5. The molecular weight excluding hydrogens is 298 g/mol. The summed E-state index contributed by atoms with van der Waals surface area (Å²) in [7, 11) is 0. The quantitative estimate of drug-likeness (QED) is 0.453. The number of ether oxygens (including phenoxy) is 1. The Balaban J connectivity index is 2.15. The lowest BCUT2D eigenvalue weighted by Gasteiger charge is -2.08. The first-order valence-corrected chi connectivity index (χ1v) is 6.22. The first-order chi connectivity index (χ1) is 10.1. The average Bonchev–Trinajstić information content (AvgIpc) is 2.88. The number of hydrogen-bond donors (Lipinski definition) is 1. The van der Waals surface area contributed by atoms with Gasteiger partial charge in [-0.15, -0.1) is 0 Å². The summed E-state index contributed by atoms with van der Waals surface area (Å²) in [6.07, 6.45) is 1.46. The molecule has 0 radical (unpaired) electrons. The van der Waals surface area contributed by atoms with Gasteiger partial charge in [-0.3, -0.25) is 15.2 Å². The van der Waals surface area contributed by atoms with Crippen LogP contribution in [0.3, 0.4) is 0 Å². The van der Waals surface area contributed by atoms with Gasteiger partial charge < -0.3 is 4.74 Å². The third-order valence-electron chi connectivity index (χ3n) is 2.83. The summed E-state index contributed by atoms with van der Waals surface area (Å²) in [5.41, 5.74) is 0.846. The Hall–Kier alpha value is -2.74. The van der Waals surface area contributed by atoms with Gasteiger partial charge in [-0.2, -0.15) is 15.1 Å². The lowest BCUT2D eigenvalue weighted by Crippen LogP contribution is -1.98. The van der Waals surface area contributed by atoms with Crippen LogP contribution in [0.25, 0.3) is 11.0 Å². The molecule has 2 aromatic heterocycles. The maximum Gasteiger partial charge on any atom is 0.311 e. The summed E-state index contributed by atoms with van der Waals surface area (Å²) < 4.78 is 5.62. The molecule has 8 nitrogen and oxygen atoms in total. The second kappa shape index (κ2) is 4.98. The summed E-state index contributed by atoms with van der Waals surface area (Å²) in [6, 6.07) is 4.65. The van der Waals surface area contributed by atoms with Crippen molar-refractivity contribution in [1.29, 1.82) is 0 Å². The number of nitrogens with zero attached hydrogens (tertiary/aromatic N) is 4. The molecule has 3 rings (SSSR count). The number of nitrogens with one attached hydrogen (secondary N) is 1. The minimum atomic E-state index is -0.516. The van der Waals surface area contributed by atoms with E-state index in [1.165, 1.54) is 12.3 Å². The number of H-pyrrole nitrogens is 1. The van der Waals surface area contributed by atoms with Crippen molar-refractivity contribution in [1.82, 2.24) is 20.2 Å². The normalized spacial score (nSPS) is 10.8. The predicted octanol–water partition coefficient (Wildman–Crippen LogP) is 3.02. The first kappa shape index (κ1) is 13.3. The number of para-hydroxylation sites is 1. The fraction of sp³-hybridized carbons (Fsp3) is 0.0833. The Morgan fingerprint density at radius 1 is 1.38 bits per heavy atom. The summed E-state index contributed by atoms with van der Waals surface area (Å²) in [5, 5.41) is 18.0. The zero-order valence-corrected chi connectivity index (χ0v) is 11.5. The minimum Gasteiger partial charge on any atom is -0.431 e. The summed E-state index contributed by atoms with van der Waals surface area (Å²) in [6.45, 7) is 1.71. The third-order valence-corrected chi connectivity index (χ3v) is 3.00. The molecule has 0 fully saturated rings. The minimum absolute atomic E-state index is 0.0435. The Bertz CT molecular complexity index is 848. The van der Waals surface area contributed by atoms with E-state index >= 15 is 0 Å². The zero-order valence-electron chi connectivity index (χ0n) is 10.7. The van der Waals surface area contributed by atoms with Crippen LogP contribution in [0, 0.1) is 17.0 Å². The van der Waals surface area contributed by atoms with E-state index in [0.717, 1.165) is 0 Å². The zero-order chi connectivity index (χ0) is 15.0. The molecule has 0 amide bonds. The van der Waals surface area contributed by atoms with Gasteiger partial charge in [-0.25, -0.2) is 0 Å². The highest BCUT2D eigenvalue weighted by molar-refractivity contribution is 6.28. The van der Waals surface area contributed by atoms with Crippen LogP contribution in [-0.2, 0) is 0 Å². The molecule has 2 heterocycles. The molecular formula is C12H8ClN5O3. The van der Waals surface area contributed by atoms with E-state index < -0.39 is 4.92 Å². The number of hydrogen-bond acceptors (Lipinski definition) is 6. The standard InChI is InChI=1S/C12H8ClN5O3/c1-6-3-2-4-8(18(19)20)9(6)21-11-7-5-14-17-10(7)15-12(13)16-11/h2-5H,1H3,(H,14,15,16,17). The fourth-order valence-corrected chi connectivity index (χ4v) is 2.03. The van der Waals surface area contributed by atoms with Gasteiger partial charge in [-0.05, 0) is 24.1 Å². The lowest BCUT2D eigenvalue weighted by atomic mass is 10.2. The van der Waals surface area contributed by atoms with E-state index in [4.69, 9.17) is 16.3 Å². The van der Waals surface area contributed by atoms with Crippen LogP contribution in [0.1, 0.15) is 5.56 Å². The van der Waals surface area contributed by atoms with E-state index in [2.05, 4.69) is 20.2 Å². The second-order valence-corrected chi connectivity index (χ2v) is 4.55. The monoisotopic (exact) mass is 305 g/mol. The van der Waals surface area contributed by atoms with Crippen LogP contribution in [-0.4, -0.2) is 25.1 Å². The number of aromatic nitrogens is 4. The number of nitro benzene ring substituents is 1. The third kappa shape index (κ3) is 2.36. The summed E-state index contributed by atoms with van der Waals surface area (Å²) >= 11 is 5.81. The van der Waals surface area contributed by atoms with Crippen molar-refractivity contribution in [3.63, 3.8) is 0 Å². The Morgan fingerprint density at radius 3 is 2.95 bits per heavy atom. The molecule has 0 aliphatic heterocycles. The largest absolute Gasteiger partial charge is 0.431 e. The van der Waals surface area contributed by atoms with Crippen molar-refractivity contribution in [3.05, 3.63) is 45.4 Å². The van der Waals surface area contributed by atoms with E-state index in [1.54, 1.807) is 19.1 Å². The van der Waals surface area contributed by atoms with E-state index in [-0.39, 0.29) is 22.6 Å². The molecule has 0 spiro atoms. The van der Waals surface area contributed by atoms with Crippen LogP contribution in [0.4, 0.5) is 5.69 Å². The predicted molar refractivity (Wildman–Crippen MR) is 74.6 cm³/mol. The lowest BCUT2D eigenvalue weighted by molar-refractivity contribution is -0.385. The highest BCUT2D eigenvalue weighted by atomic mass is 35.5. The van der Waals surface area contributed by atoms with Gasteiger partial charge in [0.25, 0.3) is 0 Å². The molecule has 3 aromatic rings. The van der Waals surface area contributed by atoms with Crippen molar-refractivity contribution in [2.24, 2.45) is 0 Å². The number of benzene rings is 1. The molecule has 0 aliphatic carbocycles. The Labute approximate surface area is 122 Å². The molecule has 0 saturated carbocycles. The maximum atomic E-state index is 11.1. The van der Waals surface area contributed by atoms with Gasteiger partial charge in [0, 0.05) is 6.07 Å². The molecule has 0 unspecified atom stereocenters. The highest BCUT2D eigenvalue weighted by Gasteiger charge is 2.20. The van der Waals surface area contributed by atoms with Gasteiger partial charge in [0.2, 0.25) is 16.9 Å². The SMILES string of the molecule is Cc1cccc([N+](=O)[O-])c1Oc1nc(Cl)nc2[nH]ncc12. The fourth-order valence-electron chi connectivity index (χ4n) is 1.87. The van der Waals surface area contributed by atoms with Crippen LogP contribution in [0.5, 0.6) is 11.6 Å². The van der Waals surface area contributed by atoms with Gasteiger partial charge in [-0.1, -0.05) is 12.1 Å². The van der Waals surface area contributed by atoms with Gasteiger partial charge in [0.15, 0.2) is 5.65 Å². The van der Waals surface area contributed by atoms with Crippen molar-refractivity contribution < 1.29 is 9.66 Å². The second-order valence-electron chi connectivity index (χ2n) is 4.21. The number of nitro groups is 1. The molecule has 0 bridgehead atoms. The topological polar surface area (TPSA) is 107 Å². The van der Waals surface area contributed by atoms with Crippen molar-refractivity contribution in [3.8, 4) is 11.6 Å². The molecule has 9 heteroatoms. The van der Waals surface area contributed by atoms with Gasteiger partial charge in [0.05, 0.1) is 11.1 Å². The molecule has 1 aromatic carbocycles. The van der Waals surface area contributed by atoms with E-state index in [0.29, 0.717) is 16.6 Å². The van der Waals surface area contributed by atoms with Crippen molar-refractivity contribution >= 4 is 28.3 Å². The highest BCUT2D eigenvalue weighted by Crippen LogP contribution is 2.36. The molecule has 1 N–H and O–H groups in total. The smallest absolute Gasteiger partial charge is 0.311 e. The average molecular weight is 306 g/mol. The van der Waals surface area contributed by atoms with Crippen molar-refractivity contribution in [2.75, 3.05) is 0 Å². The van der Waals surface area contributed by atoms with Gasteiger partial charge >= 0.3 is 5.69 Å². The Morgan fingerprint density at radius 2 is 2.19 bits per heavy atom.